The number of hydrogen-bond acceptors (Lipinski definition) is 3. The number of amides is 1. The maximum Gasteiger partial charge on any atom is 0.255 e. The Kier molecular flexibility index (Phi) is 9.28. The summed E-state index contributed by atoms with van der Waals surface area (Å²) in [4.78, 5) is 15.1. The molecular weight excluding hydrogens is 393 g/mol. The molecular formula is C22H31Cl2N3O. The lowest BCUT2D eigenvalue weighted by Crippen LogP contribution is -2.45. The summed E-state index contributed by atoms with van der Waals surface area (Å²) < 4.78 is 0. The van der Waals surface area contributed by atoms with Crippen LogP contribution in [-0.2, 0) is 0 Å². The van der Waals surface area contributed by atoms with E-state index in [-0.39, 0.29) is 36.8 Å². The second-order valence-corrected chi connectivity index (χ2v) is 7.43. The number of aryl methyl sites for hydroxylation is 1. The van der Waals surface area contributed by atoms with Crippen molar-refractivity contribution in [3.63, 3.8) is 0 Å². The van der Waals surface area contributed by atoms with Gasteiger partial charge in [0.1, 0.15) is 0 Å². The summed E-state index contributed by atoms with van der Waals surface area (Å²) in [6.45, 7) is 7.78. The Labute approximate surface area is 180 Å². The van der Waals surface area contributed by atoms with Crippen LogP contribution in [0.2, 0.25) is 0 Å². The van der Waals surface area contributed by atoms with Crippen LogP contribution >= 0.6 is 24.8 Å². The van der Waals surface area contributed by atoms with Crippen molar-refractivity contribution in [2.45, 2.75) is 39.7 Å². The van der Waals surface area contributed by atoms with Gasteiger partial charge in [-0.25, -0.2) is 0 Å². The van der Waals surface area contributed by atoms with Crippen molar-refractivity contribution in [2.24, 2.45) is 11.7 Å². The maximum atomic E-state index is 13.2. The minimum atomic E-state index is 0. The normalized spacial score (nSPS) is 17.1. The number of nitrogens with two attached hydrogens (primary N) is 1. The first-order chi connectivity index (χ1) is 12.5. The lowest BCUT2D eigenvalue weighted by atomic mass is 9.91. The predicted molar refractivity (Wildman–Crippen MR) is 122 cm³/mol. The van der Waals surface area contributed by atoms with Gasteiger partial charge in [-0.1, -0.05) is 24.3 Å². The Balaban J connectivity index is 0.00000196. The molecule has 6 heteroatoms. The van der Waals surface area contributed by atoms with Crippen molar-refractivity contribution in [2.75, 3.05) is 18.4 Å². The molecule has 1 aliphatic rings. The van der Waals surface area contributed by atoms with Gasteiger partial charge in [-0.2, -0.15) is 0 Å². The van der Waals surface area contributed by atoms with Crippen molar-refractivity contribution in [3.05, 3.63) is 59.2 Å². The van der Waals surface area contributed by atoms with Crippen molar-refractivity contribution in [3.8, 4) is 0 Å². The molecule has 1 fully saturated rings. The zero-order valence-corrected chi connectivity index (χ0v) is 18.4. The van der Waals surface area contributed by atoms with Crippen LogP contribution in [0.25, 0.3) is 0 Å². The molecule has 2 atom stereocenters. The second-order valence-electron chi connectivity index (χ2n) is 7.43. The van der Waals surface area contributed by atoms with Gasteiger partial charge in [0.2, 0.25) is 0 Å². The lowest BCUT2D eigenvalue weighted by Gasteiger charge is -2.35. The molecule has 3 rings (SSSR count). The smallest absolute Gasteiger partial charge is 0.255 e. The highest BCUT2D eigenvalue weighted by Crippen LogP contribution is 2.27. The molecule has 3 N–H and O–H groups in total. The van der Waals surface area contributed by atoms with E-state index in [2.05, 4.69) is 31.3 Å². The minimum absolute atomic E-state index is 0. The molecule has 0 spiro atoms. The van der Waals surface area contributed by atoms with Gasteiger partial charge in [-0.15, -0.1) is 24.8 Å². The van der Waals surface area contributed by atoms with E-state index < -0.39 is 0 Å². The number of carbonyl (C=O) groups is 1. The van der Waals surface area contributed by atoms with E-state index in [0.717, 1.165) is 42.9 Å². The quantitative estimate of drug-likeness (QED) is 0.719. The van der Waals surface area contributed by atoms with Crippen molar-refractivity contribution < 1.29 is 4.79 Å². The summed E-state index contributed by atoms with van der Waals surface area (Å²) in [5.74, 6) is 0.468. The number of piperidine rings is 1. The monoisotopic (exact) mass is 423 g/mol. The van der Waals surface area contributed by atoms with Crippen LogP contribution in [0.5, 0.6) is 0 Å². The summed E-state index contributed by atoms with van der Waals surface area (Å²) in [5, 5.41) is 3.46. The van der Waals surface area contributed by atoms with Gasteiger partial charge in [0.25, 0.3) is 5.91 Å². The Morgan fingerprint density at radius 1 is 1.11 bits per heavy atom. The van der Waals surface area contributed by atoms with Crippen LogP contribution in [0.3, 0.4) is 0 Å². The van der Waals surface area contributed by atoms with E-state index in [1.807, 2.05) is 42.2 Å². The second kappa shape index (κ2) is 10.7. The third kappa shape index (κ3) is 5.40. The molecule has 1 saturated heterocycles. The Morgan fingerprint density at radius 3 is 2.50 bits per heavy atom. The Hall–Kier alpha value is -1.75. The summed E-state index contributed by atoms with van der Waals surface area (Å²) in [7, 11) is 0. The van der Waals surface area contributed by atoms with Gasteiger partial charge in [-0.3, -0.25) is 4.79 Å². The molecule has 4 nitrogen and oxygen atoms in total. The van der Waals surface area contributed by atoms with Gasteiger partial charge in [0.15, 0.2) is 0 Å². The number of carbonyl (C=O) groups excluding carboxylic acids is 1. The van der Waals surface area contributed by atoms with Crippen molar-refractivity contribution >= 4 is 42.1 Å². The predicted octanol–water partition coefficient (Wildman–Crippen LogP) is 5.09. The first-order valence-corrected chi connectivity index (χ1v) is 9.44. The van der Waals surface area contributed by atoms with Crippen molar-refractivity contribution in [1.82, 2.24) is 4.90 Å². The number of nitrogens with one attached hydrogen (secondary N) is 1. The molecule has 2 unspecified atom stereocenters. The molecule has 28 heavy (non-hydrogen) atoms. The first kappa shape index (κ1) is 24.3. The van der Waals surface area contributed by atoms with Gasteiger partial charge in [0, 0.05) is 24.8 Å². The van der Waals surface area contributed by atoms with Gasteiger partial charge in [0.05, 0.1) is 11.3 Å². The molecule has 0 radical (unpaired) electrons. The highest BCUT2D eigenvalue weighted by atomic mass is 35.5. The molecule has 0 bridgehead atoms. The van der Waals surface area contributed by atoms with Crippen LogP contribution < -0.4 is 11.1 Å². The number of nitrogens with zero attached hydrogens (tertiary/aromatic N) is 1. The molecule has 2 aromatic rings. The zero-order chi connectivity index (χ0) is 18.7. The van der Waals surface area contributed by atoms with Crippen LogP contribution in [0.15, 0.2) is 42.5 Å². The fourth-order valence-corrected chi connectivity index (χ4v) is 3.60. The molecule has 1 amide bonds. The summed E-state index contributed by atoms with van der Waals surface area (Å²) in [6, 6.07) is 14.1. The SMILES string of the molecule is Cc1cccc(Nc2ccccc2C(=O)N2CCCC(C(C)N)C2)c1C.Cl.Cl. The van der Waals surface area contributed by atoms with E-state index in [1.165, 1.54) is 11.1 Å². The molecule has 2 aromatic carbocycles. The van der Waals surface area contributed by atoms with Crippen LogP contribution in [0, 0.1) is 19.8 Å². The number of hydrogen-bond donors (Lipinski definition) is 2. The average molecular weight is 424 g/mol. The van der Waals surface area contributed by atoms with E-state index in [1.54, 1.807) is 0 Å². The Morgan fingerprint density at radius 2 is 1.79 bits per heavy atom. The van der Waals surface area contributed by atoms with E-state index in [9.17, 15) is 4.79 Å². The van der Waals surface area contributed by atoms with Gasteiger partial charge < -0.3 is 16.0 Å². The third-order valence-electron chi connectivity index (χ3n) is 5.52. The standard InChI is InChI=1S/C22H29N3O.2ClH/c1-15-8-6-12-20(16(15)2)24-21-11-5-4-10-19(21)22(26)25-13-7-9-18(14-25)17(3)23;;/h4-6,8,10-12,17-18,24H,7,9,13-14,23H2,1-3H3;2*1H. The summed E-state index contributed by atoms with van der Waals surface area (Å²) >= 11 is 0. The molecule has 154 valence electrons. The maximum absolute atomic E-state index is 13.2. The fourth-order valence-electron chi connectivity index (χ4n) is 3.60. The minimum Gasteiger partial charge on any atom is -0.355 e. The van der Waals surface area contributed by atoms with Gasteiger partial charge in [-0.05, 0) is 68.9 Å². The number of rotatable bonds is 4. The number of para-hydroxylation sites is 1. The van der Waals surface area contributed by atoms with Crippen molar-refractivity contribution in [1.29, 1.82) is 0 Å². The number of likely N-dealkylation sites (tertiary alicyclic amines) is 1. The Bertz CT molecular complexity index is 795. The summed E-state index contributed by atoms with van der Waals surface area (Å²) in [6.07, 6.45) is 2.12. The highest BCUT2D eigenvalue weighted by molar-refractivity contribution is 6.00. The highest BCUT2D eigenvalue weighted by Gasteiger charge is 2.27. The lowest BCUT2D eigenvalue weighted by molar-refractivity contribution is 0.0662. The van der Waals surface area contributed by atoms with E-state index in [0.29, 0.717) is 5.92 Å². The van der Waals surface area contributed by atoms with Crippen LogP contribution in [-0.4, -0.2) is 29.9 Å². The summed E-state index contributed by atoms with van der Waals surface area (Å²) in [5.41, 5.74) is 11.1. The van der Waals surface area contributed by atoms with Crippen LogP contribution in [0.4, 0.5) is 11.4 Å². The number of halogens is 2. The fraction of sp³-hybridized carbons (Fsp3) is 0.409. The largest absolute Gasteiger partial charge is 0.355 e. The molecule has 0 saturated carbocycles. The average Bonchev–Trinajstić information content (AvgIpc) is 2.65. The number of benzene rings is 2. The van der Waals surface area contributed by atoms with Gasteiger partial charge >= 0.3 is 0 Å². The molecule has 0 aromatic heterocycles. The van der Waals surface area contributed by atoms with Crippen LogP contribution in [0.1, 0.15) is 41.3 Å². The van der Waals surface area contributed by atoms with E-state index in [4.69, 9.17) is 5.73 Å². The topological polar surface area (TPSA) is 58.4 Å². The molecule has 1 heterocycles. The van der Waals surface area contributed by atoms with E-state index >= 15 is 0 Å². The molecule has 0 aliphatic carbocycles. The first-order valence-electron chi connectivity index (χ1n) is 9.44. The third-order valence-corrected chi connectivity index (χ3v) is 5.52. The number of anilines is 2. The molecule has 1 aliphatic heterocycles. The zero-order valence-electron chi connectivity index (χ0n) is 16.8.